The smallest absolute Gasteiger partial charge is 0.251 e. The zero-order valence-corrected chi connectivity index (χ0v) is 14.6. The highest BCUT2D eigenvalue weighted by molar-refractivity contribution is 5.94. The number of carbonyl (C=O) groups excluding carboxylic acids is 1. The van der Waals surface area contributed by atoms with Crippen LogP contribution in [0.1, 0.15) is 27.9 Å². The van der Waals surface area contributed by atoms with Gasteiger partial charge in [-0.3, -0.25) is 14.4 Å². The summed E-state index contributed by atoms with van der Waals surface area (Å²) in [4.78, 5) is 14.8. The van der Waals surface area contributed by atoms with Crippen LogP contribution < -0.4 is 10.1 Å². The highest BCUT2D eigenvalue weighted by Gasteiger charge is 2.23. The number of aryl methyl sites for hydroxylation is 1. The first-order chi connectivity index (χ1) is 12.2. The molecule has 1 unspecified atom stereocenters. The van der Waals surface area contributed by atoms with E-state index in [0.717, 1.165) is 62.5 Å². The summed E-state index contributed by atoms with van der Waals surface area (Å²) in [5.41, 5.74) is 3.11. The minimum absolute atomic E-state index is 0.0143. The van der Waals surface area contributed by atoms with Gasteiger partial charge in [0, 0.05) is 50.4 Å². The number of likely N-dealkylation sites (tertiary alicyclic amines) is 1. The third-order valence-corrected chi connectivity index (χ3v) is 5.04. The van der Waals surface area contributed by atoms with Crippen LogP contribution in [0.3, 0.4) is 0 Å². The van der Waals surface area contributed by atoms with Gasteiger partial charge in [-0.2, -0.15) is 5.10 Å². The molecule has 2 aromatic rings. The van der Waals surface area contributed by atoms with Gasteiger partial charge in [-0.25, -0.2) is 0 Å². The van der Waals surface area contributed by atoms with Crippen molar-refractivity contribution in [3.63, 3.8) is 0 Å². The molecule has 1 N–H and O–H groups in total. The van der Waals surface area contributed by atoms with Crippen molar-refractivity contribution in [2.24, 2.45) is 13.0 Å². The number of amides is 1. The van der Waals surface area contributed by atoms with Crippen molar-refractivity contribution in [2.45, 2.75) is 19.4 Å². The van der Waals surface area contributed by atoms with Crippen molar-refractivity contribution in [3.8, 4) is 5.75 Å². The van der Waals surface area contributed by atoms with Crippen LogP contribution in [0.5, 0.6) is 5.75 Å². The standard InChI is InChI=1S/C19H24N4O2/c1-22-11-15(10-21-22)13-23-6-4-14(12-23)9-20-19(24)17-2-3-18-16(8-17)5-7-25-18/h2-3,8,10-11,14H,4-7,9,12-13H2,1H3,(H,20,24). The second-order valence-electron chi connectivity index (χ2n) is 7.04. The van der Waals surface area contributed by atoms with E-state index in [4.69, 9.17) is 4.74 Å². The van der Waals surface area contributed by atoms with E-state index in [-0.39, 0.29) is 5.91 Å². The van der Waals surface area contributed by atoms with Crippen molar-refractivity contribution in [3.05, 3.63) is 47.3 Å². The first-order valence-electron chi connectivity index (χ1n) is 8.91. The van der Waals surface area contributed by atoms with Crippen molar-refractivity contribution in [1.82, 2.24) is 20.0 Å². The van der Waals surface area contributed by atoms with Gasteiger partial charge in [0.25, 0.3) is 5.91 Å². The highest BCUT2D eigenvalue weighted by Crippen LogP contribution is 2.26. The Morgan fingerprint density at radius 1 is 1.44 bits per heavy atom. The zero-order chi connectivity index (χ0) is 17.2. The molecule has 4 rings (SSSR count). The molecule has 0 saturated carbocycles. The SMILES string of the molecule is Cn1cc(CN2CCC(CNC(=O)c3ccc4c(c3)CCO4)C2)cn1. The number of benzene rings is 1. The van der Waals surface area contributed by atoms with Crippen LogP contribution in [0.4, 0.5) is 0 Å². The molecule has 0 spiro atoms. The first-order valence-corrected chi connectivity index (χ1v) is 8.91. The van der Waals surface area contributed by atoms with Crippen molar-refractivity contribution in [1.29, 1.82) is 0 Å². The quantitative estimate of drug-likeness (QED) is 0.898. The number of nitrogens with one attached hydrogen (secondary N) is 1. The fourth-order valence-corrected chi connectivity index (χ4v) is 3.70. The van der Waals surface area contributed by atoms with Crippen LogP contribution in [-0.4, -0.2) is 46.8 Å². The molecule has 1 aromatic heterocycles. The van der Waals surface area contributed by atoms with E-state index in [2.05, 4.69) is 21.5 Å². The summed E-state index contributed by atoms with van der Waals surface area (Å²) < 4.78 is 7.33. The lowest BCUT2D eigenvalue weighted by molar-refractivity contribution is 0.0947. The molecule has 132 valence electrons. The summed E-state index contributed by atoms with van der Waals surface area (Å²) in [5.74, 6) is 1.44. The maximum atomic E-state index is 12.4. The van der Waals surface area contributed by atoms with Crippen molar-refractivity contribution >= 4 is 5.91 Å². The van der Waals surface area contributed by atoms with Crippen LogP contribution in [0.2, 0.25) is 0 Å². The minimum atomic E-state index is 0.0143. The third-order valence-electron chi connectivity index (χ3n) is 5.04. The van der Waals surface area contributed by atoms with Gasteiger partial charge in [0.2, 0.25) is 0 Å². The molecule has 1 amide bonds. The molecule has 1 atom stereocenters. The Labute approximate surface area is 147 Å². The first kappa shape index (κ1) is 16.1. The van der Waals surface area contributed by atoms with Gasteiger partial charge in [-0.05, 0) is 42.6 Å². The molecule has 1 fully saturated rings. The molecule has 3 heterocycles. The molecule has 6 nitrogen and oxygen atoms in total. The minimum Gasteiger partial charge on any atom is -0.493 e. The Morgan fingerprint density at radius 2 is 2.36 bits per heavy atom. The van der Waals surface area contributed by atoms with E-state index >= 15 is 0 Å². The second kappa shape index (κ2) is 6.88. The van der Waals surface area contributed by atoms with Gasteiger partial charge in [0.15, 0.2) is 0 Å². The van der Waals surface area contributed by atoms with Gasteiger partial charge < -0.3 is 10.1 Å². The number of ether oxygens (including phenoxy) is 1. The number of aromatic nitrogens is 2. The van der Waals surface area contributed by atoms with Gasteiger partial charge in [0.05, 0.1) is 12.8 Å². The highest BCUT2D eigenvalue weighted by atomic mass is 16.5. The average Bonchev–Trinajstić information content (AvgIpc) is 3.33. The summed E-state index contributed by atoms with van der Waals surface area (Å²) in [6, 6.07) is 5.71. The second-order valence-corrected chi connectivity index (χ2v) is 7.04. The topological polar surface area (TPSA) is 59.4 Å². The Bertz CT molecular complexity index is 771. The zero-order valence-electron chi connectivity index (χ0n) is 14.6. The fourth-order valence-electron chi connectivity index (χ4n) is 3.70. The number of carbonyl (C=O) groups is 1. The molecule has 0 bridgehead atoms. The molecular weight excluding hydrogens is 316 g/mol. The maximum absolute atomic E-state index is 12.4. The molecule has 1 aromatic carbocycles. The Morgan fingerprint density at radius 3 is 3.20 bits per heavy atom. The number of hydrogen-bond acceptors (Lipinski definition) is 4. The lowest BCUT2D eigenvalue weighted by atomic mass is 10.1. The number of fused-ring (bicyclic) bond motifs is 1. The molecule has 1 saturated heterocycles. The van der Waals surface area contributed by atoms with Crippen LogP contribution in [-0.2, 0) is 20.0 Å². The largest absolute Gasteiger partial charge is 0.493 e. The van der Waals surface area contributed by atoms with E-state index in [1.165, 1.54) is 5.56 Å². The Kier molecular flexibility index (Phi) is 4.44. The molecular formula is C19H24N4O2. The summed E-state index contributed by atoms with van der Waals surface area (Å²) in [5, 5.41) is 7.32. The van der Waals surface area contributed by atoms with Crippen LogP contribution in [0.25, 0.3) is 0 Å². The molecule has 2 aliphatic rings. The van der Waals surface area contributed by atoms with Crippen LogP contribution in [0.15, 0.2) is 30.6 Å². The molecule has 2 aliphatic heterocycles. The maximum Gasteiger partial charge on any atom is 0.251 e. The molecule has 0 radical (unpaired) electrons. The van der Waals surface area contributed by atoms with Crippen LogP contribution >= 0.6 is 0 Å². The predicted molar refractivity (Wildman–Crippen MR) is 94.6 cm³/mol. The van der Waals surface area contributed by atoms with Crippen molar-refractivity contribution in [2.75, 3.05) is 26.2 Å². The Balaban J connectivity index is 1.26. The number of nitrogens with zero attached hydrogens (tertiary/aromatic N) is 3. The summed E-state index contributed by atoms with van der Waals surface area (Å²) >= 11 is 0. The molecule has 6 heteroatoms. The summed E-state index contributed by atoms with van der Waals surface area (Å²) in [7, 11) is 1.94. The van der Waals surface area contributed by atoms with E-state index < -0.39 is 0 Å². The van der Waals surface area contributed by atoms with E-state index in [0.29, 0.717) is 5.92 Å². The average molecular weight is 340 g/mol. The van der Waals surface area contributed by atoms with Gasteiger partial charge in [-0.15, -0.1) is 0 Å². The number of hydrogen-bond donors (Lipinski definition) is 1. The van der Waals surface area contributed by atoms with Gasteiger partial charge in [0.1, 0.15) is 5.75 Å². The third kappa shape index (κ3) is 3.69. The van der Waals surface area contributed by atoms with Crippen molar-refractivity contribution < 1.29 is 9.53 Å². The lowest BCUT2D eigenvalue weighted by Gasteiger charge is -2.15. The van der Waals surface area contributed by atoms with Crippen LogP contribution in [0, 0.1) is 5.92 Å². The van der Waals surface area contributed by atoms with E-state index in [1.54, 1.807) is 0 Å². The monoisotopic (exact) mass is 340 g/mol. The van der Waals surface area contributed by atoms with Gasteiger partial charge >= 0.3 is 0 Å². The number of rotatable bonds is 5. The normalized spacial score (nSPS) is 19.6. The van der Waals surface area contributed by atoms with E-state index in [9.17, 15) is 4.79 Å². The summed E-state index contributed by atoms with van der Waals surface area (Å²) in [6.45, 7) is 4.48. The summed E-state index contributed by atoms with van der Waals surface area (Å²) in [6.07, 6.45) is 6.00. The van der Waals surface area contributed by atoms with E-state index in [1.807, 2.05) is 36.1 Å². The molecule has 0 aliphatic carbocycles. The predicted octanol–water partition coefficient (Wildman–Crippen LogP) is 1.61. The van der Waals surface area contributed by atoms with Gasteiger partial charge in [-0.1, -0.05) is 0 Å². The fraction of sp³-hybridized carbons (Fsp3) is 0.474. The Hall–Kier alpha value is -2.34. The molecule has 25 heavy (non-hydrogen) atoms. The lowest BCUT2D eigenvalue weighted by Crippen LogP contribution is -2.31.